The van der Waals surface area contributed by atoms with Crippen molar-refractivity contribution in [1.29, 1.82) is 0 Å². The second-order valence-corrected chi connectivity index (χ2v) is 17.1. The van der Waals surface area contributed by atoms with E-state index in [9.17, 15) is 0 Å². The zero-order chi connectivity index (χ0) is 20.5. The van der Waals surface area contributed by atoms with E-state index in [1.165, 1.54) is 0 Å². The van der Waals surface area contributed by atoms with Gasteiger partial charge in [-0.1, -0.05) is 46.8 Å². The van der Waals surface area contributed by atoms with Gasteiger partial charge in [0, 0.05) is 10.8 Å². The first kappa shape index (κ1) is 20.7. The number of hydrogen-bond acceptors (Lipinski definition) is 3. The van der Waals surface area contributed by atoms with Crippen LogP contribution in [0.2, 0.25) is 18.1 Å². The van der Waals surface area contributed by atoms with Gasteiger partial charge in [0.25, 0.3) is 0 Å². The summed E-state index contributed by atoms with van der Waals surface area (Å²) in [7, 11) is -2.04. The number of alkyl halides is 2. The molecule has 3 aliphatic carbocycles. The lowest BCUT2D eigenvalue weighted by molar-refractivity contribution is -0.364. The monoisotopic (exact) mass is 432 g/mol. The van der Waals surface area contributed by atoms with Crippen LogP contribution < -0.4 is 0 Å². The Morgan fingerprint density at radius 3 is 2.11 bits per heavy atom. The van der Waals surface area contributed by atoms with Gasteiger partial charge in [0.1, 0.15) is 5.60 Å². The Hall–Kier alpha value is 0.417. The molecule has 4 aliphatic rings. The van der Waals surface area contributed by atoms with Gasteiger partial charge in [-0.15, -0.1) is 23.2 Å². The first-order valence-electron chi connectivity index (χ1n) is 10.0. The van der Waals surface area contributed by atoms with Crippen molar-refractivity contribution in [3.63, 3.8) is 0 Å². The van der Waals surface area contributed by atoms with Gasteiger partial charge in [0.05, 0.1) is 28.9 Å². The number of rotatable bonds is 2. The average molecular weight is 433 g/mol. The van der Waals surface area contributed by atoms with Gasteiger partial charge >= 0.3 is 0 Å². The molecule has 7 atom stereocenters. The summed E-state index contributed by atoms with van der Waals surface area (Å²) in [4.78, 5) is 0. The van der Waals surface area contributed by atoms with Crippen molar-refractivity contribution >= 4 is 31.5 Å². The van der Waals surface area contributed by atoms with Gasteiger partial charge in [-0.05, 0) is 32.0 Å². The lowest BCUT2D eigenvalue weighted by Gasteiger charge is -2.67. The highest BCUT2D eigenvalue weighted by Gasteiger charge is 2.91. The molecule has 2 saturated carbocycles. The molecule has 0 N–H and O–H groups in total. The van der Waals surface area contributed by atoms with Crippen molar-refractivity contribution in [2.24, 2.45) is 16.2 Å². The Kier molecular flexibility index (Phi) is 3.96. The van der Waals surface area contributed by atoms with Crippen LogP contribution >= 0.6 is 23.2 Å². The summed E-state index contributed by atoms with van der Waals surface area (Å²) in [5, 5.41) is -0.225. The molecule has 4 rings (SSSR count). The van der Waals surface area contributed by atoms with Gasteiger partial charge in [-0.3, -0.25) is 0 Å². The van der Waals surface area contributed by atoms with E-state index in [2.05, 4.69) is 59.9 Å². The molecule has 1 saturated heterocycles. The normalized spacial score (nSPS) is 53.1. The van der Waals surface area contributed by atoms with E-state index in [1.807, 2.05) is 13.8 Å². The standard InChI is InChI=1S/C21H34Cl2O3Si/c1-16(2,3)27(8,9)25-15-18(6)13(22)14(23)19(18,7)21-11-10-20(15,21)12-24-17(4,5)26-21/h10-11,13-15H,12H2,1-9H3/t13?,14?,15-,18+,19+,20+,21-/m0/s1. The predicted octanol–water partition coefficient (Wildman–Crippen LogP) is 5.71. The highest BCUT2D eigenvalue weighted by atomic mass is 35.5. The third-order valence-electron chi connectivity index (χ3n) is 8.88. The van der Waals surface area contributed by atoms with Crippen LogP contribution in [0.3, 0.4) is 0 Å². The van der Waals surface area contributed by atoms with Crippen LogP contribution in [-0.2, 0) is 13.9 Å². The van der Waals surface area contributed by atoms with Crippen molar-refractivity contribution in [3.05, 3.63) is 12.2 Å². The van der Waals surface area contributed by atoms with E-state index >= 15 is 0 Å². The molecule has 154 valence electrons. The van der Waals surface area contributed by atoms with E-state index in [-0.39, 0.29) is 38.1 Å². The predicted molar refractivity (Wildman–Crippen MR) is 113 cm³/mol. The fourth-order valence-electron chi connectivity index (χ4n) is 5.90. The maximum absolute atomic E-state index is 7.13. The molecule has 6 heteroatoms. The minimum atomic E-state index is -2.04. The Balaban J connectivity index is 1.87. The van der Waals surface area contributed by atoms with Crippen molar-refractivity contribution < 1.29 is 13.9 Å². The van der Waals surface area contributed by atoms with Crippen LogP contribution in [0.1, 0.15) is 48.5 Å². The molecule has 0 spiro atoms. The maximum atomic E-state index is 7.13. The zero-order valence-electron chi connectivity index (χ0n) is 18.1. The molecule has 1 aliphatic heterocycles. The van der Waals surface area contributed by atoms with Crippen LogP contribution in [0.5, 0.6) is 0 Å². The first-order valence-corrected chi connectivity index (χ1v) is 13.8. The summed E-state index contributed by atoms with van der Waals surface area (Å²) < 4.78 is 20.0. The van der Waals surface area contributed by atoms with Crippen LogP contribution in [-0.4, -0.2) is 43.2 Å². The summed E-state index contributed by atoms with van der Waals surface area (Å²) in [6.07, 6.45) is 4.39. The molecule has 0 aromatic carbocycles. The van der Waals surface area contributed by atoms with Crippen LogP contribution in [0.4, 0.5) is 0 Å². The fraction of sp³-hybridized carbons (Fsp3) is 0.905. The molecule has 1 heterocycles. The summed E-state index contributed by atoms with van der Waals surface area (Å²) in [6.45, 7) is 20.5. The zero-order valence-corrected chi connectivity index (χ0v) is 20.6. The molecule has 2 unspecified atom stereocenters. The Morgan fingerprint density at radius 1 is 1.04 bits per heavy atom. The lowest BCUT2D eigenvalue weighted by atomic mass is 9.46. The number of hydrogen-bond donors (Lipinski definition) is 0. The molecule has 0 aromatic rings. The van der Waals surface area contributed by atoms with Gasteiger partial charge in [0.15, 0.2) is 14.1 Å². The highest BCUT2D eigenvalue weighted by molar-refractivity contribution is 6.74. The van der Waals surface area contributed by atoms with Gasteiger partial charge < -0.3 is 13.9 Å². The Labute approximate surface area is 175 Å². The molecule has 27 heavy (non-hydrogen) atoms. The fourth-order valence-corrected chi connectivity index (χ4v) is 8.55. The van der Waals surface area contributed by atoms with Crippen molar-refractivity contribution in [2.75, 3.05) is 6.61 Å². The molecular formula is C21H34Cl2O3Si. The molecule has 0 amide bonds. The summed E-state index contributed by atoms with van der Waals surface area (Å²) in [5.41, 5.74) is -1.43. The Bertz CT molecular complexity index is 717. The van der Waals surface area contributed by atoms with Crippen molar-refractivity contribution in [1.82, 2.24) is 0 Å². The SMILES string of the molecule is CC1(C)OC[C@@]23C=C[C@]2(O1)[C@]1(C)C(Cl)C(Cl)[C@]1(C)[C@@H]3O[Si](C)(C)C(C)(C)C. The van der Waals surface area contributed by atoms with Crippen molar-refractivity contribution in [2.45, 2.75) is 94.8 Å². The van der Waals surface area contributed by atoms with E-state index in [0.717, 1.165) is 0 Å². The molecule has 0 aromatic heterocycles. The third-order valence-corrected chi connectivity index (χ3v) is 14.8. The van der Waals surface area contributed by atoms with E-state index in [0.29, 0.717) is 6.61 Å². The minimum Gasteiger partial charge on any atom is -0.412 e. The summed E-state index contributed by atoms with van der Waals surface area (Å²) in [6, 6.07) is 0. The van der Waals surface area contributed by atoms with Gasteiger partial charge in [-0.2, -0.15) is 0 Å². The summed E-state index contributed by atoms with van der Waals surface area (Å²) in [5.74, 6) is -0.655. The number of ether oxygens (including phenoxy) is 2. The second-order valence-electron chi connectivity index (χ2n) is 11.4. The highest BCUT2D eigenvalue weighted by Crippen LogP contribution is 2.83. The topological polar surface area (TPSA) is 27.7 Å². The van der Waals surface area contributed by atoms with Gasteiger partial charge in [-0.25, -0.2) is 0 Å². The smallest absolute Gasteiger partial charge is 0.192 e. The largest absolute Gasteiger partial charge is 0.412 e. The maximum Gasteiger partial charge on any atom is 0.192 e. The molecule has 3 fully saturated rings. The first-order chi connectivity index (χ1) is 12.0. The van der Waals surface area contributed by atoms with Crippen LogP contribution in [0, 0.1) is 16.2 Å². The molecule has 0 bridgehead atoms. The molecular weight excluding hydrogens is 399 g/mol. The van der Waals surface area contributed by atoms with E-state index < -0.39 is 19.7 Å². The van der Waals surface area contributed by atoms with Crippen LogP contribution in [0.15, 0.2) is 12.2 Å². The van der Waals surface area contributed by atoms with E-state index in [4.69, 9.17) is 37.1 Å². The number of fused-ring (bicyclic) bond motifs is 1. The Morgan fingerprint density at radius 2 is 1.63 bits per heavy atom. The minimum absolute atomic E-state index is 0.0745. The number of halogens is 2. The summed E-state index contributed by atoms with van der Waals surface area (Å²) >= 11 is 13.9. The van der Waals surface area contributed by atoms with Crippen molar-refractivity contribution in [3.8, 4) is 0 Å². The van der Waals surface area contributed by atoms with Gasteiger partial charge in [0.2, 0.25) is 0 Å². The molecule has 3 nitrogen and oxygen atoms in total. The lowest BCUT2D eigenvalue weighted by Crippen LogP contribution is -2.75. The molecule has 0 radical (unpaired) electrons. The van der Waals surface area contributed by atoms with E-state index in [1.54, 1.807) is 0 Å². The quantitative estimate of drug-likeness (QED) is 0.317. The van der Waals surface area contributed by atoms with Crippen LogP contribution in [0.25, 0.3) is 0 Å². The average Bonchev–Trinajstić information content (AvgIpc) is 2.60. The third kappa shape index (κ3) is 1.97. The second kappa shape index (κ2) is 5.18.